The van der Waals surface area contributed by atoms with Crippen LogP contribution in [0, 0.1) is 0 Å². The highest BCUT2D eigenvalue weighted by atomic mass is 32.2. The minimum Gasteiger partial charge on any atom is -0.479 e. The fraction of sp³-hybridized carbons (Fsp3) is 0.263. The van der Waals surface area contributed by atoms with Crippen molar-refractivity contribution in [2.45, 2.75) is 34.9 Å². The summed E-state index contributed by atoms with van der Waals surface area (Å²) >= 11 is 1.51. The van der Waals surface area contributed by atoms with Crippen molar-refractivity contribution in [1.82, 2.24) is 5.32 Å². The number of nitrogens with one attached hydrogen (secondary N) is 1. The highest BCUT2D eigenvalue weighted by Crippen LogP contribution is 2.52. The van der Waals surface area contributed by atoms with Crippen LogP contribution >= 0.6 is 11.8 Å². The summed E-state index contributed by atoms with van der Waals surface area (Å²) in [5, 5.41) is 12.5. The fourth-order valence-corrected chi connectivity index (χ4v) is 3.76. The van der Waals surface area contributed by atoms with Crippen molar-refractivity contribution in [2.24, 2.45) is 0 Å². The molecule has 2 aromatic rings. The number of rotatable bonds is 6. The molecule has 124 valence electrons. The van der Waals surface area contributed by atoms with Crippen molar-refractivity contribution in [3.05, 3.63) is 66.2 Å². The number of hydrogen-bond acceptors (Lipinski definition) is 3. The van der Waals surface area contributed by atoms with Crippen LogP contribution in [-0.4, -0.2) is 21.7 Å². The number of hydrogen-bond donors (Lipinski definition) is 2. The zero-order chi connectivity index (χ0) is 17.2. The maximum absolute atomic E-state index is 12.8. The fourth-order valence-electron chi connectivity index (χ4n) is 2.56. The van der Waals surface area contributed by atoms with E-state index in [0.717, 1.165) is 17.7 Å². The normalized spacial score (nSPS) is 17.5. The smallest absolute Gasteiger partial charge is 0.333 e. The predicted molar refractivity (Wildman–Crippen MR) is 93.8 cm³/mol. The maximum atomic E-state index is 12.8. The molecule has 1 atom stereocenters. The molecule has 0 aromatic heterocycles. The zero-order valence-electron chi connectivity index (χ0n) is 13.4. The van der Waals surface area contributed by atoms with Crippen molar-refractivity contribution in [1.29, 1.82) is 0 Å². The van der Waals surface area contributed by atoms with Gasteiger partial charge in [0.2, 0.25) is 5.91 Å². The van der Waals surface area contributed by atoms with E-state index >= 15 is 0 Å². The van der Waals surface area contributed by atoms with Gasteiger partial charge in [-0.1, -0.05) is 48.5 Å². The third kappa shape index (κ3) is 3.17. The summed E-state index contributed by atoms with van der Waals surface area (Å²) in [4.78, 5) is 25.7. The molecule has 3 rings (SSSR count). The summed E-state index contributed by atoms with van der Waals surface area (Å²) in [6, 6.07) is 18.5. The van der Waals surface area contributed by atoms with Crippen LogP contribution in [0.2, 0.25) is 0 Å². The molecule has 0 aliphatic heterocycles. The topological polar surface area (TPSA) is 66.4 Å². The molecule has 0 bridgehead atoms. The van der Waals surface area contributed by atoms with Crippen LogP contribution < -0.4 is 5.32 Å². The summed E-state index contributed by atoms with van der Waals surface area (Å²) in [6.45, 7) is 1.53. The van der Waals surface area contributed by atoms with Crippen LogP contribution in [0.25, 0.3) is 0 Å². The highest BCUT2D eigenvalue weighted by Gasteiger charge is 2.53. The van der Waals surface area contributed by atoms with Gasteiger partial charge in [-0.2, -0.15) is 0 Å². The van der Waals surface area contributed by atoms with Crippen molar-refractivity contribution >= 4 is 23.6 Å². The van der Waals surface area contributed by atoms with Crippen molar-refractivity contribution in [3.63, 3.8) is 0 Å². The van der Waals surface area contributed by atoms with Crippen LogP contribution in [0.4, 0.5) is 0 Å². The van der Waals surface area contributed by atoms with Crippen LogP contribution in [-0.2, 0) is 15.1 Å². The first-order valence-electron chi connectivity index (χ1n) is 7.82. The molecule has 0 saturated heterocycles. The van der Waals surface area contributed by atoms with Gasteiger partial charge in [0.25, 0.3) is 0 Å². The van der Waals surface area contributed by atoms with Gasteiger partial charge in [-0.25, -0.2) is 4.79 Å². The Hall–Kier alpha value is -2.27. The number of amides is 1. The SMILES string of the molecule is CC(NC(=O)C1(Sc2ccccc2)CC1)(C(=O)O)c1ccccc1. The molecular formula is C19H19NO3S. The number of carbonyl (C=O) groups is 2. The number of carbonyl (C=O) groups excluding carboxylic acids is 1. The van der Waals surface area contributed by atoms with E-state index in [0.29, 0.717) is 5.56 Å². The highest BCUT2D eigenvalue weighted by molar-refractivity contribution is 8.01. The Morgan fingerprint density at radius 1 is 1.04 bits per heavy atom. The predicted octanol–water partition coefficient (Wildman–Crippen LogP) is 3.43. The summed E-state index contributed by atoms with van der Waals surface area (Å²) < 4.78 is -0.563. The van der Waals surface area contributed by atoms with Gasteiger partial charge >= 0.3 is 5.97 Å². The molecule has 1 aliphatic carbocycles. The van der Waals surface area contributed by atoms with Gasteiger partial charge in [-0.05, 0) is 37.5 Å². The zero-order valence-corrected chi connectivity index (χ0v) is 14.2. The molecule has 24 heavy (non-hydrogen) atoms. The third-order valence-electron chi connectivity index (χ3n) is 4.32. The summed E-state index contributed by atoms with van der Waals surface area (Å²) in [5.74, 6) is -1.28. The van der Waals surface area contributed by atoms with E-state index in [2.05, 4.69) is 5.32 Å². The second-order valence-electron chi connectivity index (χ2n) is 6.16. The van der Waals surface area contributed by atoms with Crippen LogP contribution in [0.1, 0.15) is 25.3 Å². The Morgan fingerprint density at radius 3 is 2.08 bits per heavy atom. The first-order valence-corrected chi connectivity index (χ1v) is 8.64. The molecule has 2 N–H and O–H groups in total. The first kappa shape index (κ1) is 16.6. The largest absolute Gasteiger partial charge is 0.479 e. The Labute approximate surface area is 145 Å². The third-order valence-corrected chi connectivity index (χ3v) is 5.81. The minimum atomic E-state index is -1.44. The lowest BCUT2D eigenvalue weighted by molar-refractivity contribution is -0.147. The second kappa shape index (κ2) is 6.32. The lowest BCUT2D eigenvalue weighted by Crippen LogP contribution is -2.52. The molecule has 0 spiro atoms. The van der Waals surface area contributed by atoms with Crippen molar-refractivity contribution < 1.29 is 14.7 Å². The molecule has 5 heteroatoms. The number of carboxylic acid groups (broad SMARTS) is 1. The number of aliphatic carboxylic acids is 1. The lowest BCUT2D eigenvalue weighted by Gasteiger charge is -2.29. The van der Waals surface area contributed by atoms with Gasteiger partial charge in [0.15, 0.2) is 5.54 Å². The molecular weight excluding hydrogens is 322 g/mol. The van der Waals surface area contributed by atoms with Crippen molar-refractivity contribution in [2.75, 3.05) is 0 Å². The van der Waals surface area contributed by atoms with Gasteiger partial charge in [-0.15, -0.1) is 11.8 Å². The average Bonchev–Trinajstić information content (AvgIpc) is 3.37. The van der Waals surface area contributed by atoms with E-state index < -0.39 is 16.3 Å². The van der Waals surface area contributed by atoms with E-state index in [1.165, 1.54) is 18.7 Å². The number of benzene rings is 2. The van der Waals surface area contributed by atoms with Gasteiger partial charge < -0.3 is 10.4 Å². The Kier molecular flexibility index (Phi) is 4.37. The molecule has 0 radical (unpaired) electrons. The van der Waals surface area contributed by atoms with Crippen LogP contribution in [0.3, 0.4) is 0 Å². The van der Waals surface area contributed by atoms with Crippen LogP contribution in [0.5, 0.6) is 0 Å². The molecule has 1 unspecified atom stereocenters. The lowest BCUT2D eigenvalue weighted by atomic mass is 9.92. The maximum Gasteiger partial charge on any atom is 0.333 e. The minimum absolute atomic E-state index is 0.217. The first-order chi connectivity index (χ1) is 11.5. The van der Waals surface area contributed by atoms with E-state index in [4.69, 9.17) is 0 Å². The van der Waals surface area contributed by atoms with E-state index in [-0.39, 0.29) is 5.91 Å². The molecule has 1 amide bonds. The molecule has 0 heterocycles. The van der Waals surface area contributed by atoms with E-state index in [1.807, 2.05) is 36.4 Å². The quantitative estimate of drug-likeness (QED) is 0.845. The van der Waals surface area contributed by atoms with Crippen molar-refractivity contribution in [3.8, 4) is 0 Å². The monoisotopic (exact) mass is 341 g/mol. The molecule has 1 saturated carbocycles. The average molecular weight is 341 g/mol. The summed E-state index contributed by atoms with van der Waals surface area (Å²) in [6.07, 6.45) is 1.51. The van der Waals surface area contributed by atoms with Gasteiger partial charge in [0.1, 0.15) is 0 Å². The molecule has 1 aliphatic rings. The molecule has 1 fully saturated rings. The summed E-state index contributed by atoms with van der Waals surface area (Å²) in [7, 11) is 0. The Morgan fingerprint density at radius 2 is 1.58 bits per heavy atom. The molecule has 4 nitrogen and oxygen atoms in total. The summed E-state index contributed by atoms with van der Waals surface area (Å²) in [5.41, 5.74) is -0.878. The number of thioether (sulfide) groups is 1. The molecule has 2 aromatic carbocycles. The standard InChI is InChI=1S/C19H19NO3S/c1-18(17(22)23,14-8-4-2-5-9-14)20-16(21)19(12-13-19)24-15-10-6-3-7-11-15/h2-11H,12-13H2,1H3,(H,20,21)(H,22,23). The van der Waals surface area contributed by atoms with Gasteiger partial charge in [-0.3, -0.25) is 4.79 Å². The van der Waals surface area contributed by atoms with E-state index in [9.17, 15) is 14.7 Å². The Bertz CT molecular complexity index is 744. The van der Waals surface area contributed by atoms with E-state index in [1.54, 1.807) is 24.3 Å². The van der Waals surface area contributed by atoms with Gasteiger partial charge in [0, 0.05) is 4.90 Å². The van der Waals surface area contributed by atoms with Gasteiger partial charge in [0.05, 0.1) is 4.75 Å². The number of carboxylic acids is 1. The van der Waals surface area contributed by atoms with Crippen LogP contribution in [0.15, 0.2) is 65.6 Å². The Balaban J connectivity index is 1.81. The second-order valence-corrected chi connectivity index (χ2v) is 7.62.